The van der Waals surface area contributed by atoms with Crippen LogP contribution in [0.1, 0.15) is 71.7 Å². The van der Waals surface area contributed by atoms with Crippen molar-refractivity contribution < 1.29 is 19.4 Å². The van der Waals surface area contributed by atoms with Gasteiger partial charge in [0, 0.05) is 17.4 Å². The van der Waals surface area contributed by atoms with Crippen LogP contribution in [0.2, 0.25) is 0 Å². The first kappa shape index (κ1) is 26.0. The molecule has 1 saturated carbocycles. The Morgan fingerprint density at radius 1 is 1.11 bits per heavy atom. The number of rotatable bonds is 7. The highest BCUT2D eigenvalue weighted by Gasteiger charge is 2.30. The summed E-state index contributed by atoms with van der Waals surface area (Å²) < 4.78 is 5.89. The van der Waals surface area contributed by atoms with E-state index in [0.717, 1.165) is 36.9 Å². The van der Waals surface area contributed by atoms with Gasteiger partial charge in [-0.15, -0.1) is 0 Å². The lowest BCUT2D eigenvalue weighted by Crippen LogP contribution is -2.32. The van der Waals surface area contributed by atoms with E-state index in [9.17, 15) is 9.59 Å². The van der Waals surface area contributed by atoms with E-state index in [4.69, 9.17) is 15.6 Å². The molecule has 9 heteroatoms. The van der Waals surface area contributed by atoms with Gasteiger partial charge in [0.05, 0.1) is 6.54 Å². The summed E-state index contributed by atoms with van der Waals surface area (Å²) in [7, 11) is 0. The van der Waals surface area contributed by atoms with E-state index < -0.39 is 5.97 Å². The van der Waals surface area contributed by atoms with Crippen LogP contribution in [0.15, 0.2) is 59.8 Å². The molecule has 1 aliphatic heterocycles. The first-order valence-electron chi connectivity index (χ1n) is 13.0. The number of hydrogen-bond donors (Lipinski definition) is 2. The second-order valence-electron chi connectivity index (χ2n) is 9.95. The first-order valence-corrected chi connectivity index (χ1v) is 13.9. The molecule has 1 atom stereocenters. The Morgan fingerprint density at radius 3 is 2.50 bits per heavy atom. The number of carboxylic acids is 1. The Bertz CT molecular complexity index is 1290. The summed E-state index contributed by atoms with van der Waals surface area (Å²) in [5.74, 6) is 0.0342. The number of benzene rings is 2. The van der Waals surface area contributed by atoms with E-state index in [1.165, 1.54) is 17.3 Å². The smallest absolute Gasteiger partial charge is 0.303 e. The van der Waals surface area contributed by atoms with E-state index in [2.05, 4.69) is 41.2 Å². The highest BCUT2D eigenvalue weighted by atomic mass is 32.2. The SMILES string of the molecule is CC(Sc1nc(N)c2c(n1)OCCN(c1ccc([C@H]3CC[C@H](CC(=O)O)CC3)cc1)C2=O)c1ccccc1. The molecule has 2 heterocycles. The molecule has 1 fully saturated rings. The lowest BCUT2D eigenvalue weighted by molar-refractivity contribution is -0.138. The molecule has 0 spiro atoms. The Labute approximate surface area is 226 Å². The van der Waals surface area contributed by atoms with Crippen molar-refractivity contribution in [3.05, 3.63) is 71.3 Å². The van der Waals surface area contributed by atoms with Crippen LogP contribution in [0.25, 0.3) is 0 Å². The molecule has 8 nitrogen and oxygen atoms in total. The third kappa shape index (κ3) is 5.78. The van der Waals surface area contributed by atoms with E-state index in [0.29, 0.717) is 24.2 Å². The summed E-state index contributed by atoms with van der Waals surface area (Å²) >= 11 is 1.47. The van der Waals surface area contributed by atoms with Gasteiger partial charge in [-0.1, -0.05) is 54.2 Å². The normalized spacial score (nSPS) is 20.2. The number of carbonyl (C=O) groups excluding carboxylic acids is 1. The minimum absolute atomic E-state index is 0.109. The molecule has 1 unspecified atom stereocenters. The maximum atomic E-state index is 13.6. The van der Waals surface area contributed by atoms with Crippen LogP contribution in [-0.4, -0.2) is 40.1 Å². The molecule has 5 rings (SSSR count). The number of nitrogen functional groups attached to an aromatic ring is 1. The minimum atomic E-state index is -0.715. The summed E-state index contributed by atoms with van der Waals surface area (Å²) in [6.45, 7) is 2.74. The molecule has 3 N–H and O–H groups in total. The maximum Gasteiger partial charge on any atom is 0.303 e. The number of hydrogen-bond acceptors (Lipinski definition) is 7. The van der Waals surface area contributed by atoms with Crippen molar-refractivity contribution in [2.24, 2.45) is 5.92 Å². The van der Waals surface area contributed by atoms with Crippen molar-refractivity contribution >= 4 is 35.1 Å². The largest absolute Gasteiger partial charge is 0.481 e. The minimum Gasteiger partial charge on any atom is -0.481 e. The second-order valence-corrected chi connectivity index (χ2v) is 11.3. The van der Waals surface area contributed by atoms with E-state index >= 15 is 0 Å². The fraction of sp³-hybridized carbons (Fsp3) is 0.379. The molecule has 2 aliphatic rings. The monoisotopic (exact) mass is 532 g/mol. The number of amides is 1. The van der Waals surface area contributed by atoms with Crippen LogP contribution in [-0.2, 0) is 4.79 Å². The summed E-state index contributed by atoms with van der Waals surface area (Å²) in [5, 5.41) is 9.64. The van der Waals surface area contributed by atoms with Crippen molar-refractivity contribution in [3.63, 3.8) is 0 Å². The van der Waals surface area contributed by atoms with Gasteiger partial charge >= 0.3 is 5.97 Å². The summed E-state index contributed by atoms with van der Waals surface area (Å²) in [4.78, 5) is 35.2. The maximum absolute atomic E-state index is 13.6. The number of carboxylic acid groups (broad SMARTS) is 1. The quantitative estimate of drug-likeness (QED) is 0.294. The number of aliphatic carboxylic acids is 1. The number of ether oxygens (including phenoxy) is 1. The molecule has 0 radical (unpaired) electrons. The first-order chi connectivity index (χ1) is 18.4. The number of thioether (sulfide) groups is 1. The van der Waals surface area contributed by atoms with Gasteiger partial charge in [0.15, 0.2) is 5.16 Å². The third-order valence-electron chi connectivity index (χ3n) is 7.43. The number of fused-ring (bicyclic) bond motifs is 1. The standard InChI is InChI=1S/C29H32N4O4S/c1-18(20-5-3-2-4-6-20)38-29-31-26(30)25-27(32-29)37-16-15-33(28(25)36)23-13-11-22(12-14-23)21-9-7-19(8-10-21)17-24(34)35/h2-6,11-14,18-19,21H,7-10,15-17H2,1H3,(H,34,35)(H2,30,31,32)/t18?,19-,21-. The highest BCUT2D eigenvalue weighted by molar-refractivity contribution is 7.99. The van der Waals surface area contributed by atoms with Crippen LogP contribution in [0.3, 0.4) is 0 Å². The van der Waals surface area contributed by atoms with Crippen LogP contribution in [0.4, 0.5) is 11.5 Å². The van der Waals surface area contributed by atoms with Crippen molar-refractivity contribution in [2.75, 3.05) is 23.8 Å². The van der Waals surface area contributed by atoms with Crippen LogP contribution >= 0.6 is 11.8 Å². The second kappa shape index (κ2) is 11.4. The Hall–Kier alpha value is -3.59. The molecule has 2 aromatic carbocycles. The zero-order valence-corrected chi connectivity index (χ0v) is 22.2. The number of nitrogens with two attached hydrogens (primary N) is 1. The predicted molar refractivity (Wildman–Crippen MR) is 148 cm³/mol. The number of nitrogens with zero attached hydrogens (tertiary/aromatic N) is 3. The number of carbonyl (C=O) groups is 2. The van der Waals surface area contributed by atoms with Gasteiger partial charge in [0.2, 0.25) is 5.88 Å². The summed E-state index contributed by atoms with van der Waals surface area (Å²) in [6, 6.07) is 18.1. The van der Waals surface area contributed by atoms with Gasteiger partial charge < -0.3 is 20.5 Å². The predicted octanol–water partition coefficient (Wildman–Crippen LogP) is 5.70. The molecule has 38 heavy (non-hydrogen) atoms. The Morgan fingerprint density at radius 2 is 1.82 bits per heavy atom. The van der Waals surface area contributed by atoms with Crippen molar-refractivity contribution in [2.45, 2.75) is 55.4 Å². The van der Waals surface area contributed by atoms with E-state index in [1.54, 1.807) is 4.90 Å². The zero-order valence-electron chi connectivity index (χ0n) is 21.4. The highest BCUT2D eigenvalue weighted by Crippen LogP contribution is 2.39. The van der Waals surface area contributed by atoms with Gasteiger partial charge in [-0.3, -0.25) is 9.59 Å². The average molecular weight is 533 g/mol. The fourth-order valence-electron chi connectivity index (χ4n) is 5.33. The van der Waals surface area contributed by atoms with Crippen molar-refractivity contribution in [1.29, 1.82) is 0 Å². The zero-order chi connectivity index (χ0) is 26.6. The molecule has 1 amide bonds. The van der Waals surface area contributed by atoms with Gasteiger partial charge in [-0.25, -0.2) is 4.98 Å². The van der Waals surface area contributed by atoms with E-state index in [1.807, 2.05) is 30.3 Å². The molecule has 3 aromatic rings. The van der Waals surface area contributed by atoms with E-state index in [-0.39, 0.29) is 40.8 Å². The van der Waals surface area contributed by atoms with Crippen molar-refractivity contribution in [1.82, 2.24) is 9.97 Å². The van der Waals surface area contributed by atoms with Gasteiger partial charge in [0.1, 0.15) is 18.0 Å². The Kier molecular flexibility index (Phi) is 7.83. The molecule has 1 aliphatic carbocycles. The topological polar surface area (TPSA) is 119 Å². The number of anilines is 2. The fourth-order valence-corrected chi connectivity index (χ4v) is 6.23. The number of aromatic nitrogens is 2. The molecule has 0 saturated heterocycles. The average Bonchev–Trinajstić information content (AvgIpc) is 3.08. The summed E-state index contributed by atoms with van der Waals surface area (Å²) in [5.41, 5.74) is 9.62. The van der Waals surface area contributed by atoms with Crippen LogP contribution < -0.4 is 15.4 Å². The van der Waals surface area contributed by atoms with Crippen LogP contribution in [0, 0.1) is 5.92 Å². The van der Waals surface area contributed by atoms with Gasteiger partial charge in [-0.2, -0.15) is 4.98 Å². The lowest BCUT2D eigenvalue weighted by Gasteiger charge is -2.28. The summed E-state index contributed by atoms with van der Waals surface area (Å²) in [6.07, 6.45) is 4.09. The van der Waals surface area contributed by atoms with Gasteiger partial charge in [0.25, 0.3) is 5.91 Å². The molecule has 1 aromatic heterocycles. The Balaban J connectivity index is 1.29. The molecular weight excluding hydrogens is 500 g/mol. The van der Waals surface area contributed by atoms with Crippen LogP contribution in [0.5, 0.6) is 5.88 Å². The molecular formula is C29H32N4O4S. The lowest BCUT2D eigenvalue weighted by atomic mass is 9.77. The van der Waals surface area contributed by atoms with Gasteiger partial charge in [-0.05, 0) is 67.7 Å². The van der Waals surface area contributed by atoms with Crippen molar-refractivity contribution in [3.8, 4) is 5.88 Å². The third-order valence-corrected chi connectivity index (χ3v) is 8.45. The molecule has 198 valence electrons. The molecule has 0 bridgehead atoms.